The smallest absolute Gasteiger partial charge is 0.229 e. The number of aromatic nitrogens is 1. The third kappa shape index (κ3) is 3.14. The van der Waals surface area contributed by atoms with Gasteiger partial charge in [0.15, 0.2) is 0 Å². The molecule has 5 heteroatoms. The van der Waals surface area contributed by atoms with Gasteiger partial charge in [-0.15, -0.1) is 11.3 Å². The molecule has 1 aromatic heterocycles. The Hall–Kier alpha value is -0.940. The fraction of sp³-hybridized carbons (Fsp3) is 0.750. The minimum atomic E-state index is 0.0670. The maximum atomic E-state index is 12.7. The second kappa shape index (κ2) is 5.69. The monoisotopic (exact) mass is 307 g/mol. The van der Waals surface area contributed by atoms with E-state index in [1.54, 1.807) is 11.3 Å². The molecule has 0 aromatic carbocycles. The SMILES string of the molecule is CC(C)(C)c1nc(CC(=O)N2C3CCNCC2CC3)cs1. The lowest BCUT2D eigenvalue weighted by molar-refractivity contribution is -0.133. The highest BCUT2D eigenvalue weighted by molar-refractivity contribution is 7.09. The van der Waals surface area contributed by atoms with E-state index >= 15 is 0 Å². The number of amides is 1. The number of carbonyl (C=O) groups excluding carboxylic acids is 1. The van der Waals surface area contributed by atoms with Gasteiger partial charge < -0.3 is 10.2 Å². The van der Waals surface area contributed by atoms with Gasteiger partial charge in [-0.2, -0.15) is 0 Å². The summed E-state index contributed by atoms with van der Waals surface area (Å²) in [5.74, 6) is 0.261. The third-order valence-corrected chi connectivity index (χ3v) is 5.78. The number of nitrogens with zero attached hydrogens (tertiary/aromatic N) is 2. The summed E-state index contributed by atoms with van der Waals surface area (Å²) in [6.45, 7) is 8.48. The standard InChI is InChI=1S/C16H25N3OS/c1-16(2,3)15-18-11(10-21-15)8-14(20)19-12-4-5-13(19)9-17-7-6-12/h10,12-13,17H,4-9H2,1-3H3. The number of fused-ring (bicyclic) bond motifs is 2. The molecule has 116 valence electrons. The van der Waals surface area contributed by atoms with Crippen LogP contribution in [0.3, 0.4) is 0 Å². The molecule has 0 aliphatic carbocycles. The minimum Gasteiger partial charge on any atom is -0.335 e. The summed E-state index contributed by atoms with van der Waals surface area (Å²) in [5, 5.41) is 6.61. The molecular weight excluding hydrogens is 282 g/mol. The van der Waals surface area contributed by atoms with Crippen molar-refractivity contribution in [3.63, 3.8) is 0 Å². The quantitative estimate of drug-likeness (QED) is 0.912. The molecule has 2 aliphatic heterocycles. The van der Waals surface area contributed by atoms with Crippen molar-refractivity contribution in [2.24, 2.45) is 0 Å². The highest BCUT2D eigenvalue weighted by Crippen LogP contribution is 2.30. The number of hydrogen-bond acceptors (Lipinski definition) is 4. The summed E-state index contributed by atoms with van der Waals surface area (Å²) in [6, 6.07) is 0.837. The highest BCUT2D eigenvalue weighted by atomic mass is 32.1. The summed E-state index contributed by atoms with van der Waals surface area (Å²) in [4.78, 5) is 19.5. The van der Waals surface area contributed by atoms with Crippen LogP contribution in [0, 0.1) is 0 Å². The Morgan fingerprint density at radius 3 is 2.86 bits per heavy atom. The normalized spacial score (nSPS) is 26.0. The third-order valence-electron chi connectivity index (χ3n) is 4.47. The molecule has 2 aliphatic rings. The zero-order chi connectivity index (χ0) is 15.0. The number of hydrogen-bond donors (Lipinski definition) is 1. The van der Waals surface area contributed by atoms with Gasteiger partial charge in [-0.1, -0.05) is 20.8 Å². The van der Waals surface area contributed by atoms with Crippen molar-refractivity contribution in [1.29, 1.82) is 0 Å². The van der Waals surface area contributed by atoms with Gasteiger partial charge in [0.25, 0.3) is 0 Å². The van der Waals surface area contributed by atoms with Gasteiger partial charge >= 0.3 is 0 Å². The minimum absolute atomic E-state index is 0.0670. The predicted molar refractivity (Wildman–Crippen MR) is 85.7 cm³/mol. The molecule has 1 N–H and O–H groups in total. The topological polar surface area (TPSA) is 45.2 Å². The summed E-state index contributed by atoms with van der Waals surface area (Å²) in [5.41, 5.74) is 1.00. The van der Waals surface area contributed by atoms with E-state index in [0.717, 1.165) is 36.6 Å². The van der Waals surface area contributed by atoms with Crippen molar-refractivity contribution in [3.05, 3.63) is 16.1 Å². The maximum absolute atomic E-state index is 12.7. The molecule has 2 unspecified atom stereocenters. The first-order chi connectivity index (χ1) is 9.95. The summed E-state index contributed by atoms with van der Waals surface area (Å²) >= 11 is 1.67. The average Bonchev–Trinajstić information content (AvgIpc) is 2.92. The van der Waals surface area contributed by atoms with Crippen molar-refractivity contribution in [1.82, 2.24) is 15.2 Å². The van der Waals surface area contributed by atoms with Crippen LogP contribution in [0.15, 0.2) is 5.38 Å². The molecule has 4 nitrogen and oxygen atoms in total. The molecule has 0 saturated carbocycles. The van der Waals surface area contributed by atoms with Crippen LogP contribution in [0.5, 0.6) is 0 Å². The van der Waals surface area contributed by atoms with Gasteiger partial charge in [0, 0.05) is 29.4 Å². The van der Waals surface area contributed by atoms with Crippen LogP contribution < -0.4 is 5.32 Å². The first-order valence-electron chi connectivity index (χ1n) is 7.92. The predicted octanol–water partition coefficient (Wildman–Crippen LogP) is 2.34. The fourth-order valence-electron chi connectivity index (χ4n) is 3.37. The van der Waals surface area contributed by atoms with Crippen LogP contribution in [0.1, 0.15) is 50.7 Å². The van der Waals surface area contributed by atoms with Crippen molar-refractivity contribution in [3.8, 4) is 0 Å². The molecule has 2 saturated heterocycles. The lowest BCUT2D eigenvalue weighted by Gasteiger charge is -2.27. The van der Waals surface area contributed by atoms with E-state index in [4.69, 9.17) is 0 Å². The fourth-order valence-corrected chi connectivity index (χ4v) is 4.28. The summed E-state index contributed by atoms with van der Waals surface area (Å²) in [6.07, 6.45) is 3.86. The van der Waals surface area contributed by atoms with E-state index < -0.39 is 0 Å². The Morgan fingerprint density at radius 1 is 1.38 bits per heavy atom. The van der Waals surface area contributed by atoms with Crippen molar-refractivity contribution >= 4 is 17.2 Å². The summed E-state index contributed by atoms with van der Waals surface area (Å²) in [7, 11) is 0. The second-order valence-electron chi connectivity index (χ2n) is 7.25. The molecule has 3 heterocycles. The van der Waals surface area contributed by atoms with Crippen LogP contribution in [-0.4, -0.2) is 41.0 Å². The zero-order valence-electron chi connectivity index (χ0n) is 13.2. The molecule has 2 fully saturated rings. The Kier molecular flexibility index (Phi) is 4.06. The van der Waals surface area contributed by atoms with Crippen LogP contribution in [0.4, 0.5) is 0 Å². The van der Waals surface area contributed by atoms with Crippen LogP contribution in [0.25, 0.3) is 0 Å². The molecule has 3 rings (SSSR count). The van der Waals surface area contributed by atoms with Crippen molar-refractivity contribution in [2.45, 2.75) is 64.0 Å². The molecule has 0 spiro atoms. The Labute approximate surface area is 130 Å². The van der Waals surface area contributed by atoms with Gasteiger partial charge in [0.1, 0.15) is 0 Å². The zero-order valence-corrected chi connectivity index (χ0v) is 14.0. The van der Waals surface area contributed by atoms with Crippen molar-refractivity contribution < 1.29 is 4.79 Å². The second-order valence-corrected chi connectivity index (χ2v) is 8.11. The lowest BCUT2D eigenvalue weighted by atomic mass is 9.98. The van der Waals surface area contributed by atoms with Gasteiger partial charge in [-0.25, -0.2) is 4.98 Å². The van der Waals surface area contributed by atoms with Crippen LogP contribution in [0.2, 0.25) is 0 Å². The van der Waals surface area contributed by atoms with E-state index in [1.807, 2.05) is 0 Å². The lowest BCUT2D eigenvalue weighted by Crippen LogP contribution is -2.43. The van der Waals surface area contributed by atoms with E-state index in [0.29, 0.717) is 18.5 Å². The van der Waals surface area contributed by atoms with Crippen molar-refractivity contribution in [2.75, 3.05) is 13.1 Å². The first kappa shape index (κ1) is 15.0. The van der Waals surface area contributed by atoms with Gasteiger partial charge in [0.05, 0.1) is 17.1 Å². The van der Waals surface area contributed by atoms with Crippen LogP contribution in [-0.2, 0) is 16.6 Å². The molecule has 1 aromatic rings. The number of carbonyl (C=O) groups is 1. The first-order valence-corrected chi connectivity index (χ1v) is 8.80. The van der Waals surface area contributed by atoms with Gasteiger partial charge in [-0.05, 0) is 25.8 Å². The maximum Gasteiger partial charge on any atom is 0.229 e. The average molecular weight is 307 g/mol. The van der Waals surface area contributed by atoms with Gasteiger partial charge in [0.2, 0.25) is 5.91 Å². The largest absolute Gasteiger partial charge is 0.335 e. The highest BCUT2D eigenvalue weighted by Gasteiger charge is 2.37. The molecule has 1 amide bonds. The van der Waals surface area contributed by atoms with Crippen LogP contribution >= 0.6 is 11.3 Å². The number of nitrogens with one attached hydrogen (secondary N) is 1. The summed E-state index contributed by atoms with van der Waals surface area (Å²) < 4.78 is 0. The van der Waals surface area contributed by atoms with E-state index in [9.17, 15) is 4.79 Å². The molecule has 0 radical (unpaired) electrons. The molecule has 2 bridgehead atoms. The molecular formula is C16H25N3OS. The number of thiazole rings is 1. The van der Waals surface area contributed by atoms with E-state index in [-0.39, 0.29) is 11.3 Å². The van der Waals surface area contributed by atoms with E-state index in [2.05, 4.69) is 41.4 Å². The Balaban J connectivity index is 1.70. The Bertz CT molecular complexity index is 506. The molecule has 2 atom stereocenters. The van der Waals surface area contributed by atoms with Gasteiger partial charge in [-0.3, -0.25) is 4.79 Å². The molecule has 21 heavy (non-hydrogen) atoms. The Morgan fingerprint density at radius 2 is 2.14 bits per heavy atom. The van der Waals surface area contributed by atoms with E-state index in [1.165, 1.54) is 6.42 Å². The number of rotatable bonds is 2.